The van der Waals surface area contributed by atoms with Gasteiger partial charge in [-0.1, -0.05) is 19.1 Å². The molecule has 1 aromatic rings. The topological polar surface area (TPSA) is 32.3 Å². The second-order valence-electron chi connectivity index (χ2n) is 5.57. The van der Waals surface area contributed by atoms with E-state index in [9.17, 15) is 5.11 Å². The van der Waals surface area contributed by atoms with Crippen molar-refractivity contribution in [1.29, 1.82) is 0 Å². The molecule has 2 nitrogen and oxygen atoms in total. The van der Waals surface area contributed by atoms with Crippen molar-refractivity contribution in [2.24, 2.45) is 5.92 Å². The molecule has 0 heterocycles. The van der Waals surface area contributed by atoms with E-state index in [1.165, 1.54) is 24.8 Å². The van der Waals surface area contributed by atoms with Gasteiger partial charge in [0.2, 0.25) is 0 Å². The Morgan fingerprint density at radius 2 is 1.88 bits per heavy atom. The van der Waals surface area contributed by atoms with Crippen LogP contribution in [0, 0.1) is 19.8 Å². The molecule has 2 rings (SSSR count). The van der Waals surface area contributed by atoms with Crippen LogP contribution in [-0.4, -0.2) is 11.1 Å². The minimum Gasteiger partial charge on any atom is -0.507 e. The second kappa shape index (κ2) is 5.09. The summed E-state index contributed by atoms with van der Waals surface area (Å²) in [6, 6.07) is 4.83. The Balaban J connectivity index is 1.95. The molecule has 0 aromatic heterocycles. The zero-order valence-electron chi connectivity index (χ0n) is 11.1. The maximum Gasteiger partial charge on any atom is 0.121 e. The van der Waals surface area contributed by atoms with E-state index >= 15 is 0 Å². The van der Waals surface area contributed by atoms with E-state index in [2.05, 4.69) is 24.4 Å². The Bertz CT molecular complexity index is 377. The summed E-state index contributed by atoms with van der Waals surface area (Å²) in [6.07, 6.45) is 3.96. The SMILES string of the molecule is Cc1cc(CNC2CCC(C)C2)cc(C)c1O. The first-order valence-electron chi connectivity index (χ1n) is 6.58. The summed E-state index contributed by atoms with van der Waals surface area (Å²) < 4.78 is 0. The van der Waals surface area contributed by atoms with Gasteiger partial charge in [0.1, 0.15) is 5.75 Å². The van der Waals surface area contributed by atoms with Crippen LogP contribution in [0.2, 0.25) is 0 Å². The molecule has 94 valence electrons. The number of nitrogens with one attached hydrogen (secondary N) is 1. The van der Waals surface area contributed by atoms with E-state index < -0.39 is 0 Å². The summed E-state index contributed by atoms with van der Waals surface area (Å²) in [5, 5.41) is 13.3. The van der Waals surface area contributed by atoms with Gasteiger partial charge in [-0.2, -0.15) is 0 Å². The van der Waals surface area contributed by atoms with Gasteiger partial charge in [0.05, 0.1) is 0 Å². The van der Waals surface area contributed by atoms with Gasteiger partial charge in [-0.25, -0.2) is 0 Å². The number of hydrogen-bond donors (Lipinski definition) is 2. The van der Waals surface area contributed by atoms with E-state index in [4.69, 9.17) is 0 Å². The van der Waals surface area contributed by atoms with E-state index in [-0.39, 0.29) is 0 Å². The van der Waals surface area contributed by atoms with Gasteiger partial charge in [0.15, 0.2) is 0 Å². The Labute approximate surface area is 104 Å². The third-order valence-electron chi connectivity index (χ3n) is 3.84. The highest BCUT2D eigenvalue weighted by Gasteiger charge is 2.20. The van der Waals surface area contributed by atoms with Crippen molar-refractivity contribution >= 4 is 0 Å². The summed E-state index contributed by atoms with van der Waals surface area (Å²) in [5.74, 6) is 1.30. The molecule has 0 bridgehead atoms. The van der Waals surface area contributed by atoms with Crippen molar-refractivity contribution in [3.8, 4) is 5.75 Å². The monoisotopic (exact) mass is 233 g/mol. The van der Waals surface area contributed by atoms with Gasteiger partial charge >= 0.3 is 0 Å². The first kappa shape index (κ1) is 12.4. The first-order valence-corrected chi connectivity index (χ1v) is 6.58. The Kier molecular flexibility index (Phi) is 3.72. The van der Waals surface area contributed by atoms with Crippen molar-refractivity contribution in [3.63, 3.8) is 0 Å². The van der Waals surface area contributed by atoms with Crippen LogP contribution in [0.25, 0.3) is 0 Å². The molecule has 1 aliphatic carbocycles. The average Bonchev–Trinajstić information content (AvgIpc) is 2.69. The molecule has 2 unspecified atom stereocenters. The Morgan fingerprint density at radius 1 is 1.24 bits per heavy atom. The summed E-state index contributed by atoms with van der Waals surface area (Å²) in [7, 11) is 0. The minimum absolute atomic E-state index is 0.434. The van der Waals surface area contributed by atoms with Crippen molar-refractivity contribution in [1.82, 2.24) is 5.32 Å². The predicted molar refractivity (Wildman–Crippen MR) is 71.2 cm³/mol. The predicted octanol–water partition coefficient (Wildman–Crippen LogP) is 3.29. The fourth-order valence-corrected chi connectivity index (χ4v) is 2.80. The van der Waals surface area contributed by atoms with E-state index in [1.54, 1.807) is 0 Å². The van der Waals surface area contributed by atoms with Gasteiger partial charge < -0.3 is 10.4 Å². The van der Waals surface area contributed by atoms with Crippen LogP contribution in [0.1, 0.15) is 42.9 Å². The Morgan fingerprint density at radius 3 is 2.41 bits per heavy atom. The smallest absolute Gasteiger partial charge is 0.121 e. The number of phenols is 1. The molecular weight excluding hydrogens is 210 g/mol. The van der Waals surface area contributed by atoms with Gasteiger partial charge in [0, 0.05) is 12.6 Å². The lowest BCUT2D eigenvalue weighted by Crippen LogP contribution is -2.25. The number of rotatable bonds is 3. The molecular formula is C15H23NO. The fourth-order valence-electron chi connectivity index (χ4n) is 2.80. The molecule has 1 fully saturated rings. The minimum atomic E-state index is 0.434. The number of aromatic hydroxyl groups is 1. The molecule has 1 saturated carbocycles. The molecule has 0 saturated heterocycles. The van der Waals surface area contributed by atoms with Crippen LogP contribution >= 0.6 is 0 Å². The van der Waals surface area contributed by atoms with Crippen molar-refractivity contribution < 1.29 is 5.11 Å². The molecule has 0 aliphatic heterocycles. The zero-order valence-corrected chi connectivity index (χ0v) is 11.1. The first-order chi connectivity index (χ1) is 8.06. The van der Waals surface area contributed by atoms with Crippen LogP contribution in [0.15, 0.2) is 12.1 Å². The third kappa shape index (κ3) is 3.01. The van der Waals surface area contributed by atoms with Crippen LogP contribution in [-0.2, 0) is 6.54 Å². The van der Waals surface area contributed by atoms with Crippen molar-refractivity contribution in [2.45, 2.75) is 52.6 Å². The second-order valence-corrected chi connectivity index (χ2v) is 5.57. The summed E-state index contributed by atoms with van der Waals surface area (Å²) in [5.41, 5.74) is 3.22. The third-order valence-corrected chi connectivity index (χ3v) is 3.84. The quantitative estimate of drug-likeness (QED) is 0.839. The largest absolute Gasteiger partial charge is 0.507 e. The van der Waals surface area contributed by atoms with Crippen LogP contribution < -0.4 is 5.32 Å². The van der Waals surface area contributed by atoms with Crippen LogP contribution in [0.3, 0.4) is 0 Å². The zero-order chi connectivity index (χ0) is 12.4. The molecule has 1 aromatic carbocycles. The molecule has 2 atom stereocenters. The average molecular weight is 233 g/mol. The lowest BCUT2D eigenvalue weighted by molar-refractivity contribution is 0.465. The van der Waals surface area contributed by atoms with Crippen LogP contribution in [0.5, 0.6) is 5.75 Å². The highest BCUT2D eigenvalue weighted by atomic mass is 16.3. The summed E-state index contributed by atoms with van der Waals surface area (Å²) >= 11 is 0. The van der Waals surface area contributed by atoms with Gasteiger partial charge in [-0.3, -0.25) is 0 Å². The van der Waals surface area contributed by atoms with Gasteiger partial charge in [0.25, 0.3) is 0 Å². The lowest BCUT2D eigenvalue weighted by atomic mass is 10.1. The van der Waals surface area contributed by atoms with Crippen molar-refractivity contribution in [3.05, 3.63) is 28.8 Å². The molecule has 0 spiro atoms. The van der Waals surface area contributed by atoms with Gasteiger partial charge in [-0.15, -0.1) is 0 Å². The number of benzene rings is 1. The standard InChI is InChI=1S/C15H23NO/c1-10-4-5-14(6-10)16-9-13-7-11(2)15(17)12(3)8-13/h7-8,10,14,16-17H,4-6,9H2,1-3H3. The molecule has 2 heteroatoms. The highest BCUT2D eigenvalue weighted by molar-refractivity contribution is 5.42. The molecule has 0 amide bonds. The maximum atomic E-state index is 9.72. The normalized spacial score (nSPS) is 24.2. The van der Waals surface area contributed by atoms with Crippen LogP contribution in [0.4, 0.5) is 0 Å². The highest BCUT2D eigenvalue weighted by Crippen LogP contribution is 2.26. The molecule has 0 radical (unpaired) electrons. The summed E-state index contributed by atoms with van der Waals surface area (Å²) in [6.45, 7) is 7.17. The number of phenolic OH excluding ortho intramolecular Hbond substituents is 1. The molecule has 2 N–H and O–H groups in total. The maximum absolute atomic E-state index is 9.72. The van der Waals surface area contributed by atoms with E-state index in [0.29, 0.717) is 11.8 Å². The fraction of sp³-hybridized carbons (Fsp3) is 0.600. The van der Waals surface area contributed by atoms with E-state index in [0.717, 1.165) is 23.6 Å². The molecule has 1 aliphatic rings. The molecule has 17 heavy (non-hydrogen) atoms. The van der Waals surface area contributed by atoms with E-state index in [1.807, 2.05) is 13.8 Å². The van der Waals surface area contributed by atoms with Gasteiger partial charge in [-0.05, 0) is 55.7 Å². The number of hydrogen-bond acceptors (Lipinski definition) is 2. The summed E-state index contributed by atoms with van der Waals surface area (Å²) in [4.78, 5) is 0. The van der Waals surface area contributed by atoms with Crippen molar-refractivity contribution in [2.75, 3.05) is 0 Å². The lowest BCUT2D eigenvalue weighted by Gasteiger charge is -2.14. The Hall–Kier alpha value is -1.02. The number of aryl methyl sites for hydroxylation is 2.